The number of hydrogen-bond donors (Lipinski definition) is 0. The lowest BCUT2D eigenvalue weighted by Crippen LogP contribution is -2.39. The first kappa shape index (κ1) is 26.4. The fourth-order valence-electron chi connectivity index (χ4n) is 6.49. The Hall–Kier alpha value is -2.87. The normalized spacial score (nSPS) is 24.9. The highest BCUT2D eigenvalue weighted by Crippen LogP contribution is 2.49. The molecule has 1 saturated heterocycles. The fourth-order valence-corrected chi connectivity index (χ4v) is 6.62. The van der Waals surface area contributed by atoms with E-state index >= 15 is 0 Å². The Morgan fingerprint density at radius 3 is 2.82 bits per heavy atom. The number of alkyl halides is 1. The largest absolute Gasteiger partial charge is 0.493 e. The summed E-state index contributed by atoms with van der Waals surface area (Å²) in [6.45, 7) is 4.49. The number of ether oxygens (including phenoxy) is 1. The molecule has 3 atom stereocenters. The lowest BCUT2D eigenvalue weighted by molar-refractivity contribution is -0.131. The van der Waals surface area contributed by atoms with Crippen LogP contribution in [0.1, 0.15) is 42.5 Å². The lowest BCUT2D eigenvalue weighted by Gasteiger charge is -2.33. The second kappa shape index (κ2) is 11.3. The SMILES string of the molecule is Cn1ccc2c1CCN(C(=O)Cc1ccc(OCC[C@@H]3C[C@@H]3C3CCN(C4=NCC(Cl)C=N4)CC3)cc1F)C2. The van der Waals surface area contributed by atoms with Crippen LogP contribution in [0.5, 0.6) is 5.75 Å². The van der Waals surface area contributed by atoms with Gasteiger partial charge in [0.15, 0.2) is 0 Å². The fraction of sp³-hybridized carbons (Fsp3) is 0.567. The van der Waals surface area contributed by atoms with Gasteiger partial charge in [-0.2, -0.15) is 0 Å². The van der Waals surface area contributed by atoms with E-state index in [1.54, 1.807) is 18.3 Å². The van der Waals surface area contributed by atoms with Crippen molar-refractivity contribution in [2.24, 2.45) is 34.8 Å². The second-order valence-corrected chi connectivity index (χ2v) is 12.0. The predicted octanol–water partition coefficient (Wildman–Crippen LogP) is 4.46. The Kier molecular flexibility index (Phi) is 7.65. The molecular weight excluding hydrogens is 517 g/mol. The summed E-state index contributed by atoms with van der Waals surface area (Å²) in [7, 11) is 2.03. The summed E-state index contributed by atoms with van der Waals surface area (Å²) in [5.41, 5.74) is 2.88. The summed E-state index contributed by atoms with van der Waals surface area (Å²) in [6.07, 6.45) is 9.34. The Balaban J connectivity index is 0.917. The molecule has 1 unspecified atom stereocenters. The molecule has 4 aliphatic rings. The maximum absolute atomic E-state index is 14.8. The Bertz CT molecular complexity index is 1270. The quantitative estimate of drug-likeness (QED) is 0.476. The minimum Gasteiger partial charge on any atom is -0.493 e. The van der Waals surface area contributed by atoms with Crippen LogP contribution < -0.4 is 4.74 Å². The summed E-state index contributed by atoms with van der Waals surface area (Å²) < 4.78 is 22.8. The van der Waals surface area contributed by atoms with Crippen molar-refractivity contribution >= 4 is 29.7 Å². The number of carbonyl (C=O) groups excluding carboxylic acids is 1. The molecule has 0 N–H and O–H groups in total. The molecule has 4 heterocycles. The molecule has 208 valence electrons. The highest BCUT2D eigenvalue weighted by Gasteiger charge is 2.43. The summed E-state index contributed by atoms with van der Waals surface area (Å²) in [5, 5.41) is -0.0805. The molecule has 2 fully saturated rings. The number of halogens is 2. The number of aromatic nitrogens is 1. The van der Waals surface area contributed by atoms with Crippen LogP contribution in [-0.4, -0.2) is 70.6 Å². The zero-order valence-corrected chi connectivity index (χ0v) is 23.3. The number of amides is 1. The zero-order valence-electron chi connectivity index (χ0n) is 22.6. The molecule has 0 bridgehead atoms. The van der Waals surface area contributed by atoms with Gasteiger partial charge in [-0.1, -0.05) is 6.07 Å². The van der Waals surface area contributed by atoms with Gasteiger partial charge in [0.05, 0.1) is 24.9 Å². The number of aliphatic imine (C=N–C) groups is 2. The molecule has 1 aromatic heterocycles. The number of piperidine rings is 1. The molecule has 1 saturated carbocycles. The third-order valence-electron chi connectivity index (χ3n) is 8.92. The monoisotopic (exact) mass is 553 g/mol. The number of benzene rings is 1. The van der Waals surface area contributed by atoms with Crippen molar-refractivity contribution in [2.45, 2.75) is 50.4 Å². The van der Waals surface area contributed by atoms with E-state index in [1.807, 2.05) is 18.1 Å². The van der Waals surface area contributed by atoms with E-state index < -0.39 is 0 Å². The van der Waals surface area contributed by atoms with Crippen LogP contribution in [0.3, 0.4) is 0 Å². The molecule has 0 spiro atoms. The van der Waals surface area contributed by atoms with Crippen molar-refractivity contribution < 1.29 is 13.9 Å². The van der Waals surface area contributed by atoms with E-state index in [9.17, 15) is 9.18 Å². The third kappa shape index (κ3) is 6.01. The molecule has 3 aliphatic heterocycles. The zero-order chi connectivity index (χ0) is 26.9. The van der Waals surface area contributed by atoms with Gasteiger partial charge in [0.1, 0.15) is 11.6 Å². The second-order valence-electron chi connectivity index (χ2n) is 11.4. The highest BCUT2D eigenvalue weighted by molar-refractivity contribution is 6.29. The summed E-state index contributed by atoms with van der Waals surface area (Å²) in [4.78, 5) is 25.9. The molecule has 9 heteroatoms. The van der Waals surface area contributed by atoms with E-state index in [2.05, 4.69) is 25.5 Å². The minimum atomic E-state index is -0.372. The molecular formula is C30H37ClFN5O2. The van der Waals surface area contributed by atoms with Gasteiger partial charge >= 0.3 is 0 Å². The lowest BCUT2D eigenvalue weighted by atomic mass is 9.90. The average molecular weight is 554 g/mol. The van der Waals surface area contributed by atoms with Crippen molar-refractivity contribution in [3.63, 3.8) is 0 Å². The van der Waals surface area contributed by atoms with E-state index in [4.69, 9.17) is 16.3 Å². The van der Waals surface area contributed by atoms with Crippen molar-refractivity contribution in [2.75, 3.05) is 32.8 Å². The van der Waals surface area contributed by atoms with Crippen LogP contribution in [0.15, 0.2) is 40.4 Å². The molecule has 0 radical (unpaired) electrons. The maximum atomic E-state index is 14.8. The molecule has 39 heavy (non-hydrogen) atoms. The van der Waals surface area contributed by atoms with E-state index in [1.165, 1.54) is 36.6 Å². The van der Waals surface area contributed by atoms with Crippen LogP contribution in [-0.2, 0) is 31.2 Å². The van der Waals surface area contributed by atoms with E-state index in [0.29, 0.717) is 43.5 Å². The van der Waals surface area contributed by atoms with E-state index in [-0.39, 0.29) is 23.5 Å². The Morgan fingerprint density at radius 2 is 2.05 bits per heavy atom. The summed E-state index contributed by atoms with van der Waals surface area (Å²) in [6, 6.07) is 6.98. The average Bonchev–Trinajstić information content (AvgIpc) is 3.63. The van der Waals surface area contributed by atoms with Crippen LogP contribution >= 0.6 is 11.6 Å². The molecule has 6 rings (SSSR count). The first-order valence-corrected chi connectivity index (χ1v) is 14.7. The number of hydrogen-bond acceptors (Lipinski definition) is 5. The first-order valence-electron chi connectivity index (χ1n) is 14.2. The number of nitrogens with zero attached hydrogens (tertiary/aromatic N) is 5. The van der Waals surface area contributed by atoms with Crippen LogP contribution in [0.2, 0.25) is 0 Å². The van der Waals surface area contributed by atoms with Gasteiger partial charge in [-0.25, -0.2) is 14.4 Å². The van der Waals surface area contributed by atoms with Crippen LogP contribution in [0, 0.1) is 23.6 Å². The van der Waals surface area contributed by atoms with E-state index in [0.717, 1.165) is 43.7 Å². The Labute approximate surface area is 234 Å². The number of guanidine groups is 1. The number of carbonyl (C=O) groups is 1. The number of fused-ring (bicyclic) bond motifs is 1. The molecule has 7 nitrogen and oxygen atoms in total. The highest BCUT2D eigenvalue weighted by atomic mass is 35.5. The topological polar surface area (TPSA) is 62.4 Å². The maximum Gasteiger partial charge on any atom is 0.227 e. The van der Waals surface area contributed by atoms with Crippen molar-refractivity contribution in [1.82, 2.24) is 14.4 Å². The van der Waals surface area contributed by atoms with Crippen LogP contribution in [0.25, 0.3) is 0 Å². The number of rotatable bonds is 7. The van der Waals surface area contributed by atoms with Gasteiger partial charge in [-0.05, 0) is 66.7 Å². The van der Waals surface area contributed by atoms with Gasteiger partial charge in [0, 0.05) is 63.8 Å². The van der Waals surface area contributed by atoms with Gasteiger partial charge in [-0.15, -0.1) is 11.6 Å². The van der Waals surface area contributed by atoms with Gasteiger partial charge < -0.3 is 19.1 Å². The predicted molar refractivity (Wildman–Crippen MR) is 151 cm³/mol. The third-order valence-corrected chi connectivity index (χ3v) is 9.17. The van der Waals surface area contributed by atoms with Crippen molar-refractivity contribution in [1.29, 1.82) is 0 Å². The smallest absolute Gasteiger partial charge is 0.227 e. The molecule has 1 aromatic carbocycles. The standard InChI is InChI=1S/C30H37ClFN5O2/c1-35-9-4-23-19-37(12-7-28(23)35)29(38)15-22-2-3-25(16-27(22)32)39-13-8-21-14-26(21)20-5-10-36(11-6-20)30-33-17-24(31)18-34-30/h2-4,9,16-17,20-21,24,26H,5-8,10-15,18-19H2,1H3/t21-,24?,26-/m1/s1. The molecule has 1 amide bonds. The minimum absolute atomic E-state index is 0.0361. The van der Waals surface area contributed by atoms with Crippen molar-refractivity contribution in [3.05, 3.63) is 53.1 Å². The summed E-state index contributed by atoms with van der Waals surface area (Å²) in [5.74, 6) is 3.18. The molecule has 1 aliphatic carbocycles. The van der Waals surface area contributed by atoms with Gasteiger partial charge in [0.25, 0.3) is 0 Å². The molecule has 2 aromatic rings. The van der Waals surface area contributed by atoms with Crippen molar-refractivity contribution in [3.8, 4) is 5.75 Å². The Morgan fingerprint density at radius 1 is 1.21 bits per heavy atom. The number of likely N-dealkylation sites (tertiary alicyclic amines) is 1. The van der Waals surface area contributed by atoms with Gasteiger partial charge in [-0.3, -0.25) is 4.79 Å². The summed E-state index contributed by atoms with van der Waals surface area (Å²) >= 11 is 6.05. The van der Waals surface area contributed by atoms with Gasteiger partial charge in [0.2, 0.25) is 11.9 Å². The number of aryl methyl sites for hydroxylation is 1. The van der Waals surface area contributed by atoms with Crippen LogP contribution in [0.4, 0.5) is 4.39 Å². The first-order chi connectivity index (χ1) is 18.9.